The lowest BCUT2D eigenvalue weighted by Gasteiger charge is -2.41. The van der Waals surface area contributed by atoms with Gasteiger partial charge in [0.25, 0.3) is 11.5 Å². The summed E-state index contributed by atoms with van der Waals surface area (Å²) in [6, 6.07) is 16.5. The highest BCUT2D eigenvalue weighted by atomic mass is 19.1. The molecule has 0 radical (unpaired) electrons. The van der Waals surface area contributed by atoms with E-state index in [1.807, 2.05) is 51.1 Å². The largest absolute Gasteiger partial charge is 0.487 e. The van der Waals surface area contributed by atoms with Crippen LogP contribution in [0, 0.1) is 11.2 Å². The van der Waals surface area contributed by atoms with E-state index in [-0.39, 0.29) is 40.9 Å². The average molecular weight is 576 g/mol. The van der Waals surface area contributed by atoms with Crippen LogP contribution in [-0.2, 0) is 13.0 Å². The number of carbonyl (C=O) groups is 1. The average Bonchev–Trinajstić information content (AvgIpc) is 3.39. The molecule has 1 aromatic heterocycles. The van der Waals surface area contributed by atoms with Gasteiger partial charge in [-0.3, -0.25) is 9.59 Å². The van der Waals surface area contributed by atoms with Gasteiger partial charge in [-0.25, -0.2) is 4.39 Å². The number of benzene rings is 2. The van der Waals surface area contributed by atoms with E-state index in [1.54, 1.807) is 16.8 Å². The Bertz CT molecular complexity index is 1440. The fraction of sp³-hybridized carbons (Fsp3) is 0.471. The van der Waals surface area contributed by atoms with Gasteiger partial charge >= 0.3 is 0 Å². The maximum absolute atomic E-state index is 14.3. The molecular weight excluding hydrogens is 533 g/mol. The molecule has 0 unspecified atom stereocenters. The fourth-order valence-electron chi connectivity index (χ4n) is 6.26. The zero-order chi connectivity index (χ0) is 29.9. The van der Waals surface area contributed by atoms with Gasteiger partial charge in [0, 0.05) is 43.4 Å². The van der Waals surface area contributed by atoms with E-state index >= 15 is 0 Å². The highest BCUT2D eigenvalue weighted by molar-refractivity contribution is 5.94. The number of aliphatic hydroxyl groups is 1. The molecule has 1 aliphatic carbocycles. The summed E-state index contributed by atoms with van der Waals surface area (Å²) in [5.74, 6) is 0.00572. The van der Waals surface area contributed by atoms with Gasteiger partial charge in [0.05, 0.1) is 17.7 Å². The van der Waals surface area contributed by atoms with Gasteiger partial charge in [-0.15, -0.1) is 0 Å². The predicted octanol–water partition coefficient (Wildman–Crippen LogP) is 5.16. The highest BCUT2D eigenvalue weighted by Crippen LogP contribution is 2.47. The number of pyridine rings is 1. The molecular formula is C34H42FN3O4. The van der Waals surface area contributed by atoms with Gasteiger partial charge in [0.1, 0.15) is 17.2 Å². The molecule has 2 aliphatic rings. The van der Waals surface area contributed by atoms with Crippen LogP contribution in [0.5, 0.6) is 5.75 Å². The van der Waals surface area contributed by atoms with Gasteiger partial charge in [-0.1, -0.05) is 51.1 Å². The number of fused-ring (bicyclic) bond motifs is 1. The number of aliphatic hydroxyl groups excluding tert-OH is 1. The Morgan fingerprint density at radius 2 is 1.86 bits per heavy atom. The number of nitrogens with zero attached hydrogens (tertiary/aromatic N) is 1. The van der Waals surface area contributed by atoms with Crippen molar-refractivity contribution in [2.24, 2.45) is 5.41 Å². The molecule has 224 valence electrons. The van der Waals surface area contributed by atoms with Crippen molar-refractivity contribution < 1.29 is 19.0 Å². The molecule has 1 amide bonds. The summed E-state index contributed by atoms with van der Waals surface area (Å²) in [5, 5.41) is 18.0. The molecule has 42 heavy (non-hydrogen) atoms. The lowest BCUT2D eigenvalue weighted by molar-refractivity contribution is 0.0325. The van der Waals surface area contributed by atoms with Crippen molar-refractivity contribution >= 4 is 5.91 Å². The number of aromatic nitrogens is 1. The van der Waals surface area contributed by atoms with E-state index in [2.05, 4.69) is 10.6 Å². The van der Waals surface area contributed by atoms with Crippen molar-refractivity contribution in [1.82, 2.24) is 15.2 Å². The predicted molar refractivity (Wildman–Crippen MR) is 161 cm³/mol. The minimum absolute atomic E-state index is 0.139. The van der Waals surface area contributed by atoms with Gasteiger partial charge in [0.2, 0.25) is 0 Å². The SMILES string of the molecule is CC(C)(C)Cn1cc(C(=O)N[C@@H](Cc2ccccc2)[C@H](O)CN[C@H]2CC3(CCCC3)Oc3ccc(F)cc32)ccc1=O. The summed E-state index contributed by atoms with van der Waals surface area (Å²) < 4.78 is 22.2. The van der Waals surface area contributed by atoms with Crippen molar-refractivity contribution in [2.45, 2.75) is 89.6 Å². The Balaban J connectivity index is 1.34. The third-order valence-electron chi connectivity index (χ3n) is 8.31. The van der Waals surface area contributed by atoms with Crippen LogP contribution in [0.2, 0.25) is 0 Å². The lowest BCUT2D eigenvalue weighted by Crippen LogP contribution is -2.50. The Morgan fingerprint density at radius 1 is 1.12 bits per heavy atom. The van der Waals surface area contributed by atoms with Crippen LogP contribution in [-0.4, -0.2) is 39.9 Å². The van der Waals surface area contributed by atoms with Gasteiger partial charge in [0.15, 0.2) is 0 Å². The molecule has 7 nitrogen and oxygen atoms in total. The van der Waals surface area contributed by atoms with Gasteiger partial charge < -0.3 is 25.0 Å². The summed E-state index contributed by atoms with van der Waals surface area (Å²) in [4.78, 5) is 25.9. The van der Waals surface area contributed by atoms with E-state index < -0.39 is 12.1 Å². The topological polar surface area (TPSA) is 92.6 Å². The van der Waals surface area contributed by atoms with E-state index in [0.29, 0.717) is 30.7 Å². The van der Waals surface area contributed by atoms with Crippen molar-refractivity contribution in [3.8, 4) is 5.75 Å². The number of carbonyl (C=O) groups excluding carboxylic acids is 1. The van der Waals surface area contributed by atoms with Crippen molar-refractivity contribution in [3.63, 3.8) is 0 Å². The van der Waals surface area contributed by atoms with Crippen LogP contribution in [0.4, 0.5) is 4.39 Å². The first-order valence-corrected chi connectivity index (χ1v) is 15.0. The summed E-state index contributed by atoms with van der Waals surface area (Å²) in [6.45, 7) is 6.77. The molecule has 8 heteroatoms. The second kappa shape index (κ2) is 12.4. The monoisotopic (exact) mass is 575 g/mol. The molecule has 1 spiro atoms. The smallest absolute Gasteiger partial charge is 0.253 e. The standard InChI is InChI=1S/C34H42FN3O4/c1-33(2,3)22-38-21-24(11-14-31(38)40)32(41)37-27(17-23-9-5-4-6-10-23)29(39)20-36-28-19-34(15-7-8-16-34)42-30-13-12-25(35)18-26(28)30/h4-6,9-14,18,21,27-29,36,39H,7-8,15-17,19-20,22H2,1-3H3,(H,37,41)/t27-,28-,29+/m0/s1. The zero-order valence-corrected chi connectivity index (χ0v) is 24.7. The van der Waals surface area contributed by atoms with E-state index in [4.69, 9.17) is 4.74 Å². The fourth-order valence-corrected chi connectivity index (χ4v) is 6.26. The van der Waals surface area contributed by atoms with Crippen molar-refractivity contribution in [3.05, 3.63) is 99.7 Å². The van der Waals surface area contributed by atoms with Crippen LogP contribution < -0.4 is 20.9 Å². The minimum Gasteiger partial charge on any atom is -0.487 e. The molecule has 0 bridgehead atoms. The van der Waals surface area contributed by atoms with Gasteiger partial charge in [-0.05, 0) is 67.3 Å². The molecule has 2 aromatic carbocycles. The minimum atomic E-state index is -0.936. The second-order valence-electron chi connectivity index (χ2n) is 13.1. The Hall–Kier alpha value is -3.49. The number of nitrogens with one attached hydrogen (secondary N) is 2. The summed E-state index contributed by atoms with van der Waals surface area (Å²) in [6.07, 6.45) is 5.86. The van der Waals surface area contributed by atoms with E-state index in [0.717, 1.165) is 36.8 Å². The van der Waals surface area contributed by atoms with Gasteiger partial charge in [-0.2, -0.15) is 0 Å². The second-order valence-corrected chi connectivity index (χ2v) is 13.1. The Kier molecular flexibility index (Phi) is 8.85. The third-order valence-corrected chi connectivity index (χ3v) is 8.31. The third kappa shape index (κ3) is 7.28. The molecule has 1 fully saturated rings. The number of halogens is 1. The number of ether oxygens (including phenoxy) is 1. The zero-order valence-electron chi connectivity index (χ0n) is 24.7. The highest BCUT2D eigenvalue weighted by Gasteiger charge is 2.43. The number of hydrogen-bond donors (Lipinski definition) is 3. The van der Waals surface area contributed by atoms with Crippen LogP contribution >= 0.6 is 0 Å². The van der Waals surface area contributed by atoms with E-state index in [9.17, 15) is 19.1 Å². The molecule has 3 aromatic rings. The summed E-state index contributed by atoms with van der Waals surface area (Å²) >= 11 is 0. The van der Waals surface area contributed by atoms with E-state index in [1.165, 1.54) is 24.3 Å². The maximum atomic E-state index is 14.3. The van der Waals surface area contributed by atoms with Crippen molar-refractivity contribution in [1.29, 1.82) is 0 Å². The molecule has 3 atom stereocenters. The number of hydrogen-bond acceptors (Lipinski definition) is 5. The first-order valence-electron chi connectivity index (χ1n) is 15.0. The number of rotatable bonds is 9. The summed E-state index contributed by atoms with van der Waals surface area (Å²) in [5.41, 5.74) is 1.50. The first kappa shape index (κ1) is 30.0. The molecule has 1 aliphatic heterocycles. The maximum Gasteiger partial charge on any atom is 0.253 e. The Morgan fingerprint density at radius 3 is 2.57 bits per heavy atom. The molecule has 0 saturated heterocycles. The number of amides is 1. The molecule has 3 N–H and O–H groups in total. The van der Waals surface area contributed by atoms with Crippen LogP contribution in [0.15, 0.2) is 71.7 Å². The lowest BCUT2D eigenvalue weighted by atomic mass is 9.85. The molecule has 5 rings (SSSR count). The summed E-state index contributed by atoms with van der Waals surface area (Å²) in [7, 11) is 0. The van der Waals surface area contributed by atoms with Crippen LogP contribution in [0.3, 0.4) is 0 Å². The molecule has 2 heterocycles. The Labute approximate surface area is 247 Å². The van der Waals surface area contributed by atoms with Crippen LogP contribution in [0.1, 0.15) is 80.4 Å². The normalized spacial score (nSPS) is 19.1. The first-order chi connectivity index (χ1) is 20.0. The molecule has 1 saturated carbocycles. The quantitative estimate of drug-likeness (QED) is 0.328. The van der Waals surface area contributed by atoms with Crippen LogP contribution in [0.25, 0.3) is 0 Å². The van der Waals surface area contributed by atoms with Crippen molar-refractivity contribution in [2.75, 3.05) is 6.54 Å².